The number of carbonyl (C=O) groups excluding carboxylic acids is 1. The number of hydrogen-bond acceptors (Lipinski definition) is 4. The Labute approximate surface area is 138 Å². The lowest BCUT2D eigenvalue weighted by molar-refractivity contribution is 0.0216. The van der Waals surface area contributed by atoms with Gasteiger partial charge in [-0.15, -0.1) is 0 Å². The van der Waals surface area contributed by atoms with E-state index >= 15 is 0 Å². The second-order valence-electron chi connectivity index (χ2n) is 7.34. The number of aryl methyl sites for hydroxylation is 1. The smallest absolute Gasteiger partial charge is 0.405 e. The molecule has 1 saturated carbocycles. The van der Waals surface area contributed by atoms with E-state index in [1.807, 2.05) is 26.8 Å². The largest absolute Gasteiger partial charge is 0.444 e. The molecule has 1 aromatic rings. The molecule has 5 heteroatoms. The highest BCUT2D eigenvalue weighted by molar-refractivity contribution is 5.67. The summed E-state index contributed by atoms with van der Waals surface area (Å²) < 4.78 is 5.20. The fraction of sp³-hybridized carbons (Fsp3) is 0.611. The Bertz CT molecular complexity index is 549. The summed E-state index contributed by atoms with van der Waals surface area (Å²) in [5.41, 5.74) is 13.7. The van der Waals surface area contributed by atoms with Crippen LogP contribution in [0, 0.1) is 12.8 Å². The van der Waals surface area contributed by atoms with Gasteiger partial charge in [0.2, 0.25) is 0 Å². The van der Waals surface area contributed by atoms with E-state index in [1.54, 1.807) is 0 Å². The van der Waals surface area contributed by atoms with Crippen LogP contribution in [0.25, 0.3) is 0 Å². The van der Waals surface area contributed by atoms with E-state index in [4.69, 9.17) is 16.2 Å². The van der Waals surface area contributed by atoms with E-state index in [-0.39, 0.29) is 0 Å². The first-order valence-electron chi connectivity index (χ1n) is 8.36. The van der Waals surface area contributed by atoms with E-state index in [0.29, 0.717) is 12.0 Å². The van der Waals surface area contributed by atoms with E-state index in [0.717, 1.165) is 43.5 Å². The second kappa shape index (κ2) is 7.11. The van der Waals surface area contributed by atoms with Gasteiger partial charge in [-0.25, -0.2) is 4.79 Å². The lowest BCUT2D eigenvalue weighted by atomic mass is 9.80. The Kier molecular flexibility index (Phi) is 5.39. The minimum absolute atomic E-state index is 0.455. The molecule has 0 aliphatic heterocycles. The standard InChI is InChI=1S/C18H29N3O2/c1-12-4-9-16(15(19)10-12)21-14-7-5-13(6-8-14)11-18(2,3)23-17(20)22/h4,9-10,13-14,21H,5-8,11,19H2,1-3H3,(H2,20,22). The van der Waals surface area contributed by atoms with Gasteiger partial charge in [-0.3, -0.25) is 0 Å². The average Bonchev–Trinajstić information content (AvgIpc) is 2.42. The third-order valence-corrected chi connectivity index (χ3v) is 4.57. The zero-order valence-electron chi connectivity index (χ0n) is 14.4. The lowest BCUT2D eigenvalue weighted by Gasteiger charge is -2.34. The number of rotatable bonds is 5. The molecule has 1 aromatic carbocycles. The third kappa shape index (κ3) is 5.34. The van der Waals surface area contributed by atoms with Crippen LogP contribution in [0.3, 0.4) is 0 Å². The fourth-order valence-corrected chi connectivity index (χ4v) is 3.55. The van der Waals surface area contributed by atoms with Crippen LogP contribution >= 0.6 is 0 Å². The highest BCUT2D eigenvalue weighted by Gasteiger charge is 2.29. The number of hydrogen-bond donors (Lipinski definition) is 3. The van der Waals surface area contributed by atoms with Crippen LogP contribution in [0.5, 0.6) is 0 Å². The highest BCUT2D eigenvalue weighted by atomic mass is 16.6. The van der Waals surface area contributed by atoms with E-state index in [9.17, 15) is 4.79 Å². The number of anilines is 2. The minimum Gasteiger partial charge on any atom is -0.444 e. The number of amides is 1. The summed E-state index contributed by atoms with van der Waals surface area (Å²) in [6.45, 7) is 5.89. The van der Waals surface area contributed by atoms with Crippen molar-refractivity contribution in [2.24, 2.45) is 11.7 Å². The van der Waals surface area contributed by atoms with Crippen LogP contribution in [0.4, 0.5) is 16.2 Å². The third-order valence-electron chi connectivity index (χ3n) is 4.57. The predicted molar refractivity (Wildman–Crippen MR) is 94.3 cm³/mol. The Balaban J connectivity index is 1.83. The maximum Gasteiger partial charge on any atom is 0.405 e. The van der Waals surface area contributed by atoms with Gasteiger partial charge in [0.05, 0.1) is 11.4 Å². The first kappa shape index (κ1) is 17.4. The molecule has 1 aliphatic carbocycles. The van der Waals surface area contributed by atoms with Crippen molar-refractivity contribution in [1.29, 1.82) is 0 Å². The van der Waals surface area contributed by atoms with Crippen LogP contribution < -0.4 is 16.8 Å². The zero-order chi connectivity index (χ0) is 17.0. The van der Waals surface area contributed by atoms with Crippen LogP contribution in [-0.4, -0.2) is 17.7 Å². The summed E-state index contributed by atoms with van der Waals surface area (Å²) in [7, 11) is 0. The van der Waals surface area contributed by atoms with Crippen LogP contribution in [0.15, 0.2) is 18.2 Å². The Morgan fingerprint density at radius 2 is 1.96 bits per heavy atom. The van der Waals surface area contributed by atoms with E-state index in [2.05, 4.69) is 17.4 Å². The molecule has 0 atom stereocenters. The molecular formula is C18H29N3O2. The van der Waals surface area contributed by atoms with Crippen LogP contribution in [-0.2, 0) is 4.74 Å². The SMILES string of the molecule is Cc1ccc(NC2CCC(CC(C)(C)OC(N)=O)CC2)c(N)c1. The summed E-state index contributed by atoms with van der Waals surface area (Å²) in [6, 6.07) is 6.59. The minimum atomic E-state index is -0.694. The van der Waals surface area contributed by atoms with Gasteiger partial charge in [0.15, 0.2) is 0 Å². The molecule has 0 spiro atoms. The van der Waals surface area contributed by atoms with Crippen molar-refractivity contribution in [3.05, 3.63) is 23.8 Å². The first-order valence-corrected chi connectivity index (χ1v) is 8.36. The van der Waals surface area contributed by atoms with Crippen molar-refractivity contribution in [1.82, 2.24) is 0 Å². The summed E-state index contributed by atoms with van der Waals surface area (Å²) in [6.07, 6.45) is 4.61. The van der Waals surface area contributed by atoms with Gasteiger partial charge in [0.1, 0.15) is 5.60 Å². The van der Waals surface area contributed by atoms with Crippen molar-refractivity contribution in [3.63, 3.8) is 0 Å². The number of carbonyl (C=O) groups is 1. The first-order chi connectivity index (χ1) is 10.7. The normalized spacial score (nSPS) is 21.7. The molecule has 23 heavy (non-hydrogen) atoms. The van der Waals surface area contributed by atoms with Gasteiger partial charge in [-0.2, -0.15) is 0 Å². The fourth-order valence-electron chi connectivity index (χ4n) is 3.55. The monoisotopic (exact) mass is 319 g/mol. The maximum atomic E-state index is 10.9. The number of nitrogens with one attached hydrogen (secondary N) is 1. The predicted octanol–water partition coefficient (Wildman–Crippen LogP) is 3.81. The van der Waals surface area contributed by atoms with Gasteiger partial charge in [0.25, 0.3) is 0 Å². The average molecular weight is 319 g/mol. The van der Waals surface area contributed by atoms with Gasteiger partial charge >= 0.3 is 6.09 Å². The molecule has 5 nitrogen and oxygen atoms in total. The summed E-state index contributed by atoms with van der Waals surface area (Å²) in [5.74, 6) is 0.567. The molecule has 0 bridgehead atoms. The molecule has 1 fully saturated rings. The number of ether oxygens (including phenoxy) is 1. The molecule has 2 rings (SSSR count). The van der Waals surface area contributed by atoms with Gasteiger partial charge in [0, 0.05) is 6.04 Å². The summed E-state index contributed by atoms with van der Waals surface area (Å²) >= 11 is 0. The maximum absolute atomic E-state index is 10.9. The van der Waals surface area contributed by atoms with Gasteiger partial charge in [-0.1, -0.05) is 6.07 Å². The van der Waals surface area contributed by atoms with Crippen molar-refractivity contribution < 1.29 is 9.53 Å². The lowest BCUT2D eigenvalue weighted by Crippen LogP contribution is -2.35. The Morgan fingerprint density at radius 1 is 1.30 bits per heavy atom. The van der Waals surface area contributed by atoms with E-state index in [1.165, 1.54) is 5.56 Å². The van der Waals surface area contributed by atoms with Gasteiger partial charge in [-0.05, 0) is 76.5 Å². The van der Waals surface area contributed by atoms with Crippen molar-refractivity contribution in [2.75, 3.05) is 11.1 Å². The molecule has 0 saturated heterocycles. The van der Waals surface area contributed by atoms with Crippen molar-refractivity contribution in [2.45, 2.75) is 64.5 Å². The number of benzene rings is 1. The molecule has 1 aliphatic rings. The van der Waals surface area contributed by atoms with Crippen molar-refractivity contribution in [3.8, 4) is 0 Å². The molecule has 0 heterocycles. The Morgan fingerprint density at radius 3 is 2.52 bits per heavy atom. The molecule has 0 unspecified atom stereocenters. The molecule has 1 amide bonds. The van der Waals surface area contributed by atoms with Gasteiger partial charge < -0.3 is 21.5 Å². The number of nitrogens with two attached hydrogens (primary N) is 2. The van der Waals surface area contributed by atoms with Crippen LogP contribution in [0.1, 0.15) is 51.5 Å². The van der Waals surface area contributed by atoms with Crippen molar-refractivity contribution >= 4 is 17.5 Å². The highest BCUT2D eigenvalue weighted by Crippen LogP contribution is 2.34. The zero-order valence-corrected chi connectivity index (χ0v) is 14.4. The summed E-state index contributed by atoms with van der Waals surface area (Å²) in [5, 5.41) is 3.56. The summed E-state index contributed by atoms with van der Waals surface area (Å²) in [4.78, 5) is 10.9. The Hall–Kier alpha value is -1.91. The molecule has 128 valence electrons. The number of nitrogen functional groups attached to an aromatic ring is 1. The molecule has 0 radical (unpaired) electrons. The molecule has 0 aromatic heterocycles. The van der Waals surface area contributed by atoms with E-state index < -0.39 is 11.7 Å². The number of primary amides is 1. The molecule has 5 N–H and O–H groups in total. The molecular weight excluding hydrogens is 290 g/mol. The topological polar surface area (TPSA) is 90.4 Å². The van der Waals surface area contributed by atoms with Crippen LogP contribution in [0.2, 0.25) is 0 Å². The quantitative estimate of drug-likeness (QED) is 0.720. The second-order valence-corrected chi connectivity index (χ2v) is 7.34.